The average Bonchev–Trinajstić information content (AvgIpc) is 2.83. The third-order valence-electron chi connectivity index (χ3n) is 3.53. The van der Waals surface area contributed by atoms with Crippen molar-refractivity contribution in [3.8, 4) is 0 Å². The molecule has 2 N–H and O–H groups in total. The largest absolute Gasteiger partial charge is 0.360 e. The molecule has 1 aliphatic rings. The van der Waals surface area contributed by atoms with Gasteiger partial charge in [-0.1, -0.05) is 48.3 Å². The molecule has 3 rings (SSSR count). The molecule has 0 aliphatic heterocycles. The number of para-hydroxylation sites is 1. The van der Waals surface area contributed by atoms with Gasteiger partial charge in [0.2, 0.25) is 0 Å². The Labute approximate surface area is 132 Å². The van der Waals surface area contributed by atoms with E-state index in [1.807, 2.05) is 18.2 Å². The lowest BCUT2D eigenvalue weighted by Crippen LogP contribution is -2.38. The van der Waals surface area contributed by atoms with E-state index in [1.54, 1.807) is 11.3 Å². The van der Waals surface area contributed by atoms with Gasteiger partial charge in [0.15, 0.2) is 10.2 Å². The molecule has 0 unspecified atom stereocenters. The first kappa shape index (κ1) is 14.0. The van der Waals surface area contributed by atoms with Crippen LogP contribution in [0.5, 0.6) is 0 Å². The van der Waals surface area contributed by atoms with Crippen LogP contribution >= 0.6 is 35.2 Å². The second-order valence-electron chi connectivity index (χ2n) is 5.04. The van der Waals surface area contributed by atoms with Gasteiger partial charge in [-0.05, 0) is 37.2 Å². The second-order valence-corrected chi connectivity index (χ2v) is 6.89. The SMILES string of the molecule is S=C(Nc1nc2c(Cl)cccc2s1)NC1CCCCC1. The smallest absolute Gasteiger partial charge is 0.190 e. The first-order valence-corrected chi connectivity index (χ1v) is 8.45. The predicted octanol–water partition coefficient (Wildman–Crippen LogP) is 4.57. The lowest BCUT2D eigenvalue weighted by Gasteiger charge is -2.23. The minimum absolute atomic E-state index is 0.502. The van der Waals surface area contributed by atoms with Crippen LogP contribution < -0.4 is 10.6 Å². The van der Waals surface area contributed by atoms with Gasteiger partial charge >= 0.3 is 0 Å². The Morgan fingerprint density at radius 2 is 2.10 bits per heavy atom. The summed E-state index contributed by atoms with van der Waals surface area (Å²) in [6.07, 6.45) is 6.32. The maximum Gasteiger partial charge on any atom is 0.190 e. The van der Waals surface area contributed by atoms with E-state index in [4.69, 9.17) is 23.8 Å². The molecule has 3 nitrogen and oxygen atoms in total. The van der Waals surface area contributed by atoms with Gasteiger partial charge in [-0.3, -0.25) is 0 Å². The summed E-state index contributed by atoms with van der Waals surface area (Å²) in [5.41, 5.74) is 0.835. The second kappa shape index (κ2) is 6.24. The highest BCUT2D eigenvalue weighted by molar-refractivity contribution is 7.80. The van der Waals surface area contributed by atoms with Crippen LogP contribution in [0.1, 0.15) is 32.1 Å². The summed E-state index contributed by atoms with van der Waals surface area (Å²) in [6, 6.07) is 6.31. The summed E-state index contributed by atoms with van der Waals surface area (Å²) in [5, 5.41) is 8.69. The van der Waals surface area contributed by atoms with Crippen LogP contribution in [-0.4, -0.2) is 16.1 Å². The zero-order chi connectivity index (χ0) is 13.9. The van der Waals surface area contributed by atoms with Crippen molar-refractivity contribution in [2.45, 2.75) is 38.1 Å². The molecule has 0 bridgehead atoms. The summed E-state index contributed by atoms with van der Waals surface area (Å²) in [4.78, 5) is 4.49. The standard InChI is InChI=1S/C14H16ClN3S2/c15-10-7-4-8-11-12(10)17-14(20-11)18-13(19)16-9-5-2-1-3-6-9/h4,7-9H,1-3,5-6H2,(H2,16,17,18,19). The highest BCUT2D eigenvalue weighted by atomic mass is 35.5. The van der Waals surface area contributed by atoms with Gasteiger partial charge in [0.25, 0.3) is 0 Å². The third-order valence-corrected chi connectivity index (χ3v) is 4.99. The lowest BCUT2D eigenvalue weighted by atomic mass is 9.96. The van der Waals surface area contributed by atoms with E-state index in [9.17, 15) is 0 Å². The number of thiocarbonyl (C=S) groups is 1. The van der Waals surface area contributed by atoms with Crippen LogP contribution in [0.25, 0.3) is 10.2 Å². The monoisotopic (exact) mass is 325 g/mol. The van der Waals surface area contributed by atoms with Crippen molar-refractivity contribution in [3.63, 3.8) is 0 Å². The van der Waals surface area contributed by atoms with E-state index in [0.717, 1.165) is 15.3 Å². The fourth-order valence-electron chi connectivity index (χ4n) is 2.53. The molecule has 6 heteroatoms. The topological polar surface area (TPSA) is 37.0 Å². The minimum Gasteiger partial charge on any atom is -0.360 e. The highest BCUT2D eigenvalue weighted by Crippen LogP contribution is 2.30. The van der Waals surface area contributed by atoms with Crippen LogP contribution in [0.2, 0.25) is 5.02 Å². The summed E-state index contributed by atoms with van der Waals surface area (Å²) in [7, 11) is 0. The van der Waals surface area contributed by atoms with Gasteiger partial charge in [-0.25, -0.2) is 4.98 Å². The number of nitrogens with zero attached hydrogens (tertiary/aromatic N) is 1. The normalized spacial score (nSPS) is 16.2. The van der Waals surface area contributed by atoms with Crippen LogP contribution in [0.15, 0.2) is 18.2 Å². The molecule has 0 atom stereocenters. The average molecular weight is 326 g/mol. The molecule has 1 heterocycles. The number of thiazole rings is 1. The maximum atomic E-state index is 6.13. The minimum atomic E-state index is 0.502. The Bertz CT molecular complexity index is 620. The van der Waals surface area contributed by atoms with Gasteiger partial charge < -0.3 is 10.6 Å². The van der Waals surface area contributed by atoms with Crippen LogP contribution in [-0.2, 0) is 0 Å². The van der Waals surface area contributed by atoms with Crippen molar-refractivity contribution < 1.29 is 0 Å². The summed E-state index contributed by atoms with van der Waals surface area (Å²) in [6.45, 7) is 0. The Morgan fingerprint density at radius 3 is 2.85 bits per heavy atom. The number of fused-ring (bicyclic) bond motifs is 1. The van der Waals surface area contributed by atoms with Gasteiger partial charge in [-0.2, -0.15) is 0 Å². The zero-order valence-corrected chi connectivity index (χ0v) is 13.4. The van der Waals surface area contributed by atoms with Crippen molar-refractivity contribution in [3.05, 3.63) is 23.2 Å². The molecular weight excluding hydrogens is 310 g/mol. The zero-order valence-electron chi connectivity index (χ0n) is 11.0. The third kappa shape index (κ3) is 3.22. The quantitative estimate of drug-likeness (QED) is 0.793. The Morgan fingerprint density at radius 1 is 1.30 bits per heavy atom. The van der Waals surface area contributed by atoms with Crippen molar-refractivity contribution in [2.24, 2.45) is 0 Å². The molecule has 1 aromatic carbocycles. The molecule has 1 fully saturated rings. The fraction of sp³-hybridized carbons (Fsp3) is 0.429. The number of anilines is 1. The van der Waals surface area contributed by atoms with Crippen molar-refractivity contribution in [1.29, 1.82) is 0 Å². The number of halogens is 1. The molecule has 1 aliphatic carbocycles. The molecule has 1 saturated carbocycles. The summed E-state index contributed by atoms with van der Waals surface area (Å²) < 4.78 is 1.07. The van der Waals surface area contributed by atoms with E-state index < -0.39 is 0 Å². The summed E-state index contributed by atoms with van der Waals surface area (Å²) >= 11 is 13.1. The molecule has 2 aromatic rings. The van der Waals surface area contributed by atoms with E-state index in [2.05, 4.69) is 15.6 Å². The number of benzene rings is 1. The van der Waals surface area contributed by atoms with Gasteiger partial charge in [-0.15, -0.1) is 0 Å². The first-order valence-electron chi connectivity index (χ1n) is 6.85. The lowest BCUT2D eigenvalue weighted by molar-refractivity contribution is 0.415. The maximum absolute atomic E-state index is 6.13. The van der Waals surface area contributed by atoms with E-state index in [-0.39, 0.29) is 0 Å². The molecule has 0 amide bonds. The molecule has 0 saturated heterocycles. The van der Waals surface area contributed by atoms with Crippen molar-refractivity contribution in [1.82, 2.24) is 10.3 Å². The Balaban J connectivity index is 1.66. The highest BCUT2D eigenvalue weighted by Gasteiger charge is 2.15. The van der Waals surface area contributed by atoms with E-state index in [1.165, 1.54) is 32.1 Å². The van der Waals surface area contributed by atoms with Gasteiger partial charge in [0.05, 0.1) is 9.72 Å². The van der Waals surface area contributed by atoms with E-state index >= 15 is 0 Å². The number of nitrogens with one attached hydrogen (secondary N) is 2. The van der Waals surface area contributed by atoms with Crippen molar-refractivity contribution in [2.75, 3.05) is 5.32 Å². The molecule has 106 valence electrons. The molecule has 1 aromatic heterocycles. The number of hydrogen-bond donors (Lipinski definition) is 2. The molecule has 0 spiro atoms. The van der Waals surface area contributed by atoms with E-state index in [0.29, 0.717) is 16.2 Å². The number of hydrogen-bond acceptors (Lipinski definition) is 3. The summed E-state index contributed by atoms with van der Waals surface area (Å²) in [5.74, 6) is 0. The first-order chi connectivity index (χ1) is 9.72. The van der Waals surface area contributed by atoms with Crippen molar-refractivity contribution >= 4 is 55.6 Å². The number of aromatic nitrogens is 1. The number of rotatable bonds is 2. The molecule has 0 radical (unpaired) electrons. The predicted molar refractivity (Wildman–Crippen MR) is 90.9 cm³/mol. The van der Waals surface area contributed by atoms with Crippen LogP contribution in [0.4, 0.5) is 5.13 Å². The van der Waals surface area contributed by atoms with Gasteiger partial charge in [0, 0.05) is 6.04 Å². The van der Waals surface area contributed by atoms with Gasteiger partial charge in [0.1, 0.15) is 5.52 Å². The Kier molecular flexibility index (Phi) is 4.38. The van der Waals surface area contributed by atoms with Crippen LogP contribution in [0.3, 0.4) is 0 Å². The molecule has 20 heavy (non-hydrogen) atoms. The fourth-order valence-corrected chi connectivity index (χ4v) is 4.03. The van der Waals surface area contributed by atoms with Crippen LogP contribution in [0, 0.1) is 0 Å². The molecular formula is C14H16ClN3S2. The Hall–Kier alpha value is -0.910.